The van der Waals surface area contributed by atoms with E-state index in [1.54, 1.807) is 36.4 Å². The summed E-state index contributed by atoms with van der Waals surface area (Å²) < 4.78 is 32.1. The second-order valence-electron chi connectivity index (χ2n) is 4.44. The summed E-state index contributed by atoms with van der Waals surface area (Å²) in [5.41, 5.74) is 0.706. The van der Waals surface area contributed by atoms with Crippen molar-refractivity contribution in [3.8, 4) is 5.75 Å². The Labute approximate surface area is 124 Å². The highest BCUT2D eigenvalue weighted by molar-refractivity contribution is 7.89. The Morgan fingerprint density at radius 3 is 2.24 bits per heavy atom. The Morgan fingerprint density at radius 2 is 1.71 bits per heavy atom. The zero-order valence-electron chi connectivity index (χ0n) is 11.6. The third-order valence-electron chi connectivity index (χ3n) is 3.05. The van der Waals surface area contributed by atoms with Gasteiger partial charge in [-0.25, -0.2) is 13.1 Å². The van der Waals surface area contributed by atoms with Gasteiger partial charge in [0.15, 0.2) is 0 Å². The third-order valence-corrected chi connectivity index (χ3v) is 4.54. The van der Waals surface area contributed by atoms with Crippen LogP contribution in [0.25, 0.3) is 0 Å². The molecule has 6 heteroatoms. The molecule has 0 saturated carbocycles. The maximum absolute atomic E-state index is 12.3. The standard InChI is InChI=1S/C15H17NO4S/c1-20-13-7-9-14(10-8-13)21(18,19)16-15(11-17)12-5-3-2-4-6-12/h2-10,15-17H,11H2,1H3/t15-/m1/s1. The lowest BCUT2D eigenvalue weighted by atomic mass is 10.1. The van der Waals surface area contributed by atoms with E-state index in [-0.39, 0.29) is 11.5 Å². The van der Waals surface area contributed by atoms with Crippen LogP contribution in [0.2, 0.25) is 0 Å². The lowest BCUT2D eigenvalue weighted by Crippen LogP contribution is -2.30. The van der Waals surface area contributed by atoms with Gasteiger partial charge in [0.05, 0.1) is 24.7 Å². The number of aliphatic hydroxyl groups excluding tert-OH is 1. The first kappa shape index (κ1) is 15.5. The Morgan fingerprint density at radius 1 is 1.10 bits per heavy atom. The average molecular weight is 307 g/mol. The van der Waals surface area contributed by atoms with E-state index in [2.05, 4.69) is 4.72 Å². The van der Waals surface area contributed by atoms with Crippen LogP contribution in [0, 0.1) is 0 Å². The second-order valence-corrected chi connectivity index (χ2v) is 6.16. The van der Waals surface area contributed by atoms with Crippen molar-refractivity contribution < 1.29 is 18.3 Å². The van der Waals surface area contributed by atoms with Crippen LogP contribution in [0.4, 0.5) is 0 Å². The van der Waals surface area contributed by atoms with E-state index in [4.69, 9.17) is 4.74 Å². The van der Waals surface area contributed by atoms with Crippen molar-refractivity contribution in [2.24, 2.45) is 0 Å². The van der Waals surface area contributed by atoms with E-state index in [1.807, 2.05) is 6.07 Å². The molecule has 21 heavy (non-hydrogen) atoms. The summed E-state index contributed by atoms with van der Waals surface area (Å²) in [6.45, 7) is -0.320. The van der Waals surface area contributed by atoms with Crippen LogP contribution in [-0.2, 0) is 10.0 Å². The van der Waals surface area contributed by atoms with Crippen molar-refractivity contribution in [3.63, 3.8) is 0 Å². The topological polar surface area (TPSA) is 75.6 Å². The largest absolute Gasteiger partial charge is 0.497 e. The van der Waals surface area contributed by atoms with Crippen molar-refractivity contribution in [2.45, 2.75) is 10.9 Å². The van der Waals surface area contributed by atoms with Crippen LogP contribution in [0.15, 0.2) is 59.5 Å². The van der Waals surface area contributed by atoms with Gasteiger partial charge in [-0.3, -0.25) is 0 Å². The van der Waals surface area contributed by atoms with Crippen molar-refractivity contribution in [2.75, 3.05) is 13.7 Å². The van der Waals surface area contributed by atoms with E-state index in [0.717, 1.165) is 0 Å². The van der Waals surface area contributed by atoms with Crippen LogP contribution in [0.3, 0.4) is 0 Å². The molecule has 0 fully saturated rings. The molecule has 0 spiro atoms. The van der Waals surface area contributed by atoms with E-state index in [9.17, 15) is 13.5 Å². The molecule has 5 nitrogen and oxygen atoms in total. The van der Waals surface area contributed by atoms with Crippen LogP contribution < -0.4 is 9.46 Å². The lowest BCUT2D eigenvalue weighted by molar-refractivity contribution is 0.259. The second kappa shape index (κ2) is 6.71. The van der Waals surface area contributed by atoms with Crippen LogP contribution in [0.5, 0.6) is 5.75 Å². The summed E-state index contributed by atoms with van der Waals surface area (Å²) in [4.78, 5) is 0.123. The van der Waals surface area contributed by atoms with E-state index in [0.29, 0.717) is 11.3 Å². The molecule has 2 rings (SSSR count). The minimum atomic E-state index is -3.71. The molecule has 2 aromatic rings. The molecule has 2 aromatic carbocycles. The van der Waals surface area contributed by atoms with E-state index >= 15 is 0 Å². The number of nitrogens with one attached hydrogen (secondary N) is 1. The molecular weight excluding hydrogens is 290 g/mol. The van der Waals surface area contributed by atoms with Crippen molar-refractivity contribution >= 4 is 10.0 Å². The van der Waals surface area contributed by atoms with Gasteiger partial charge in [-0.2, -0.15) is 0 Å². The maximum atomic E-state index is 12.3. The number of benzene rings is 2. The smallest absolute Gasteiger partial charge is 0.241 e. The molecule has 0 unspecified atom stereocenters. The molecule has 0 saturated heterocycles. The highest BCUT2D eigenvalue weighted by Gasteiger charge is 2.20. The van der Waals surface area contributed by atoms with E-state index in [1.165, 1.54) is 19.2 Å². The minimum absolute atomic E-state index is 0.123. The molecular formula is C15H17NO4S. The summed E-state index contributed by atoms with van der Waals surface area (Å²) in [6.07, 6.45) is 0. The van der Waals surface area contributed by atoms with Gasteiger partial charge >= 0.3 is 0 Å². The van der Waals surface area contributed by atoms with Gasteiger partial charge in [-0.05, 0) is 29.8 Å². The average Bonchev–Trinajstić information content (AvgIpc) is 2.53. The number of sulfonamides is 1. The van der Waals surface area contributed by atoms with Gasteiger partial charge in [-0.15, -0.1) is 0 Å². The van der Waals surface area contributed by atoms with Crippen LogP contribution in [-0.4, -0.2) is 27.2 Å². The summed E-state index contributed by atoms with van der Waals surface area (Å²) >= 11 is 0. The van der Waals surface area contributed by atoms with E-state index < -0.39 is 16.1 Å². The predicted octanol–water partition coefficient (Wildman–Crippen LogP) is 1.71. The van der Waals surface area contributed by atoms with Gasteiger partial charge in [0.2, 0.25) is 10.0 Å². The summed E-state index contributed by atoms with van der Waals surface area (Å²) in [5.74, 6) is 0.579. The fourth-order valence-corrected chi connectivity index (χ4v) is 3.12. The van der Waals surface area contributed by atoms with Crippen molar-refractivity contribution in [3.05, 3.63) is 60.2 Å². The molecule has 2 N–H and O–H groups in total. The zero-order valence-corrected chi connectivity index (χ0v) is 12.4. The van der Waals surface area contributed by atoms with Gasteiger partial charge < -0.3 is 9.84 Å². The fourth-order valence-electron chi connectivity index (χ4n) is 1.91. The first-order valence-corrected chi connectivity index (χ1v) is 7.87. The molecule has 0 aromatic heterocycles. The summed E-state index contributed by atoms with van der Waals surface area (Å²) in [5, 5.41) is 9.42. The Balaban J connectivity index is 2.22. The molecule has 0 aliphatic heterocycles. The Bertz CT molecular complexity index is 669. The maximum Gasteiger partial charge on any atom is 0.241 e. The molecule has 1 atom stereocenters. The molecule has 0 bridgehead atoms. The first-order valence-electron chi connectivity index (χ1n) is 6.39. The first-order chi connectivity index (χ1) is 10.1. The minimum Gasteiger partial charge on any atom is -0.497 e. The zero-order chi connectivity index (χ0) is 15.3. The molecule has 0 amide bonds. The molecule has 0 aliphatic carbocycles. The molecule has 0 heterocycles. The lowest BCUT2D eigenvalue weighted by Gasteiger charge is -2.17. The Hall–Kier alpha value is -1.89. The molecule has 112 valence electrons. The quantitative estimate of drug-likeness (QED) is 0.852. The fraction of sp³-hybridized carbons (Fsp3) is 0.200. The van der Waals surface area contributed by atoms with Gasteiger partial charge in [0.25, 0.3) is 0 Å². The number of ether oxygens (including phenoxy) is 1. The predicted molar refractivity (Wildman–Crippen MR) is 79.6 cm³/mol. The third kappa shape index (κ3) is 3.81. The highest BCUT2D eigenvalue weighted by Crippen LogP contribution is 2.19. The van der Waals surface area contributed by atoms with Gasteiger partial charge in [0.1, 0.15) is 5.75 Å². The molecule has 0 radical (unpaired) electrons. The number of rotatable bonds is 6. The SMILES string of the molecule is COc1ccc(S(=O)(=O)N[C@H](CO)c2ccccc2)cc1. The van der Waals surface area contributed by atoms with Gasteiger partial charge in [-0.1, -0.05) is 30.3 Å². The number of methoxy groups -OCH3 is 1. The summed E-state index contributed by atoms with van der Waals surface area (Å²) in [6, 6.07) is 14.3. The van der Waals surface area contributed by atoms with Crippen molar-refractivity contribution in [1.29, 1.82) is 0 Å². The van der Waals surface area contributed by atoms with Crippen LogP contribution >= 0.6 is 0 Å². The highest BCUT2D eigenvalue weighted by atomic mass is 32.2. The number of hydrogen-bond acceptors (Lipinski definition) is 4. The monoisotopic (exact) mass is 307 g/mol. The number of hydrogen-bond donors (Lipinski definition) is 2. The Kier molecular flexibility index (Phi) is 4.95. The summed E-state index contributed by atoms with van der Waals surface area (Å²) in [7, 11) is -2.20. The molecule has 0 aliphatic rings. The number of aliphatic hydroxyl groups is 1. The normalized spacial score (nSPS) is 12.9. The van der Waals surface area contributed by atoms with Gasteiger partial charge in [0, 0.05) is 0 Å². The van der Waals surface area contributed by atoms with Crippen LogP contribution in [0.1, 0.15) is 11.6 Å². The van der Waals surface area contributed by atoms with Crippen molar-refractivity contribution in [1.82, 2.24) is 4.72 Å².